The summed E-state index contributed by atoms with van der Waals surface area (Å²) in [4.78, 5) is 36.3. The molecule has 2 aromatic carbocycles. The van der Waals surface area contributed by atoms with E-state index in [9.17, 15) is 18.0 Å². The summed E-state index contributed by atoms with van der Waals surface area (Å²) in [6.07, 6.45) is 3.91. The molecule has 9 nitrogen and oxygen atoms in total. The van der Waals surface area contributed by atoms with E-state index in [0.29, 0.717) is 11.5 Å². The van der Waals surface area contributed by atoms with Crippen molar-refractivity contribution in [2.75, 3.05) is 11.0 Å². The van der Waals surface area contributed by atoms with Crippen LogP contribution in [0.4, 0.5) is 5.69 Å². The van der Waals surface area contributed by atoms with Crippen molar-refractivity contribution in [1.82, 2.24) is 19.9 Å². The van der Waals surface area contributed by atoms with Crippen LogP contribution in [0.2, 0.25) is 0 Å². The Morgan fingerprint density at radius 1 is 0.971 bits per heavy atom. The zero-order valence-corrected chi connectivity index (χ0v) is 19.8. The van der Waals surface area contributed by atoms with Crippen LogP contribution in [0.5, 0.6) is 0 Å². The van der Waals surface area contributed by atoms with Crippen LogP contribution in [-0.2, 0) is 16.4 Å². The molecule has 0 amide bonds. The summed E-state index contributed by atoms with van der Waals surface area (Å²) < 4.78 is 25.6. The van der Waals surface area contributed by atoms with E-state index in [1.807, 2.05) is 30.3 Å². The maximum atomic E-state index is 12.2. The van der Waals surface area contributed by atoms with Crippen LogP contribution in [0, 0.1) is 5.92 Å². The predicted molar refractivity (Wildman–Crippen MR) is 133 cm³/mol. The summed E-state index contributed by atoms with van der Waals surface area (Å²) in [5.41, 5.74) is 1.94. The molecule has 0 saturated heterocycles. The lowest BCUT2D eigenvalue weighted by Gasteiger charge is -2.23. The van der Waals surface area contributed by atoms with Gasteiger partial charge in [-0.3, -0.25) is 19.5 Å². The first-order valence-electron chi connectivity index (χ1n) is 11.0. The fourth-order valence-electron chi connectivity index (χ4n) is 4.27. The van der Waals surface area contributed by atoms with Gasteiger partial charge in [0, 0.05) is 11.6 Å². The highest BCUT2D eigenvalue weighted by Gasteiger charge is 2.25. The van der Waals surface area contributed by atoms with E-state index >= 15 is 0 Å². The number of hydrogen-bond acceptors (Lipinski definition) is 5. The molecular weight excluding hydrogens is 454 g/mol. The number of sulfonamides is 1. The normalized spacial score (nSPS) is 13.6. The van der Waals surface area contributed by atoms with E-state index in [1.165, 1.54) is 5.56 Å². The molecule has 0 saturated carbocycles. The second-order valence-electron chi connectivity index (χ2n) is 8.58. The lowest BCUT2D eigenvalue weighted by Crippen LogP contribution is -2.21. The molecule has 0 bridgehead atoms. The molecule has 2 unspecified atom stereocenters. The van der Waals surface area contributed by atoms with Gasteiger partial charge in [0.05, 0.1) is 6.26 Å². The van der Waals surface area contributed by atoms with Crippen LogP contribution in [0.15, 0.2) is 64.2 Å². The van der Waals surface area contributed by atoms with Crippen LogP contribution in [0.25, 0.3) is 11.2 Å². The maximum Gasteiger partial charge on any atom is 0.327 e. The van der Waals surface area contributed by atoms with Crippen LogP contribution >= 0.6 is 0 Å². The van der Waals surface area contributed by atoms with Gasteiger partial charge in [-0.1, -0.05) is 49.4 Å². The average molecular weight is 482 g/mol. The first-order valence-corrected chi connectivity index (χ1v) is 12.9. The van der Waals surface area contributed by atoms with Gasteiger partial charge in [-0.2, -0.15) is 0 Å². The molecule has 10 heteroatoms. The number of anilines is 1. The van der Waals surface area contributed by atoms with Crippen molar-refractivity contribution in [2.45, 2.75) is 32.1 Å². The summed E-state index contributed by atoms with van der Waals surface area (Å²) in [5, 5.41) is 0. The number of H-pyrrole nitrogens is 3. The van der Waals surface area contributed by atoms with Crippen molar-refractivity contribution in [3.63, 3.8) is 0 Å². The van der Waals surface area contributed by atoms with E-state index in [4.69, 9.17) is 0 Å². The Morgan fingerprint density at radius 2 is 1.68 bits per heavy atom. The molecule has 178 valence electrons. The first-order chi connectivity index (χ1) is 16.2. The number of nitrogens with zero attached hydrogens (tertiary/aromatic N) is 1. The molecule has 2 aromatic heterocycles. The minimum absolute atomic E-state index is 0.142. The van der Waals surface area contributed by atoms with Gasteiger partial charge in [0.2, 0.25) is 10.0 Å². The number of aryl methyl sites for hydroxylation is 1. The van der Waals surface area contributed by atoms with Gasteiger partial charge in [-0.25, -0.2) is 18.2 Å². The van der Waals surface area contributed by atoms with Gasteiger partial charge in [0.15, 0.2) is 5.65 Å². The minimum Gasteiger partial charge on any atom is -0.336 e. The van der Waals surface area contributed by atoms with Crippen molar-refractivity contribution < 1.29 is 8.42 Å². The Bertz CT molecular complexity index is 1490. The summed E-state index contributed by atoms with van der Waals surface area (Å²) >= 11 is 0. The monoisotopic (exact) mass is 481 g/mol. The van der Waals surface area contributed by atoms with Crippen LogP contribution < -0.4 is 16.0 Å². The Hall–Kier alpha value is -3.66. The van der Waals surface area contributed by atoms with E-state index < -0.39 is 21.3 Å². The van der Waals surface area contributed by atoms with Crippen molar-refractivity contribution in [2.24, 2.45) is 5.92 Å². The number of aromatic amines is 3. The topological polar surface area (TPSA) is 141 Å². The number of nitrogens with one attached hydrogen (secondary N) is 4. The highest BCUT2D eigenvalue weighted by Crippen LogP contribution is 2.34. The van der Waals surface area contributed by atoms with Gasteiger partial charge < -0.3 is 4.98 Å². The SMILES string of the molecule is CC(CCCc1ccccc1)C(c1ccc(NS(C)(=O)=O)cc1)c1nc2[nH]c(=O)[nH]c(=O)c2[nH]1. The number of fused-ring (bicyclic) bond motifs is 1. The maximum absolute atomic E-state index is 12.2. The number of hydrogen-bond donors (Lipinski definition) is 4. The molecule has 2 atom stereocenters. The second kappa shape index (κ2) is 9.68. The molecule has 0 spiro atoms. The summed E-state index contributed by atoms with van der Waals surface area (Å²) in [7, 11) is -3.38. The number of rotatable bonds is 9. The average Bonchev–Trinajstić information content (AvgIpc) is 3.18. The molecule has 0 aliphatic rings. The van der Waals surface area contributed by atoms with E-state index in [2.05, 4.69) is 43.7 Å². The zero-order valence-electron chi connectivity index (χ0n) is 19.0. The quantitative estimate of drug-likeness (QED) is 0.291. The van der Waals surface area contributed by atoms with Crippen molar-refractivity contribution in [1.29, 1.82) is 0 Å². The van der Waals surface area contributed by atoms with Crippen LogP contribution in [-0.4, -0.2) is 34.6 Å². The fraction of sp³-hybridized carbons (Fsp3) is 0.292. The fourth-order valence-corrected chi connectivity index (χ4v) is 4.83. The van der Waals surface area contributed by atoms with Gasteiger partial charge in [-0.15, -0.1) is 0 Å². The predicted octanol–water partition coefficient (Wildman–Crippen LogP) is 3.10. The molecular formula is C24H27N5O4S. The second-order valence-corrected chi connectivity index (χ2v) is 10.3. The van der Waals surface area contributed by atoms with E-state index in [1.54, 1.807) is 12.1 Å². The minimum atomic E-state index is -3.38. The molecule has 0 aliphatic heterocycles. The van der Waals surface area contributed by atoms with Crippen LogP contribution in [0.3, 0.4) is 0 Å². The van der Waals surface area contributed by atoms with Gasteiger partial charge in [0.1, 0.15) is 11.3 Å². The molecule has 4 rings (SSSR count). The van der Waals surface area contributed by atoms with Gasteiger partial charge in [-0.05, 0) is 48.4 Å². The number of aromatic nitrogens is 4. The molecule has 0 fully saturated rings. The Morgan fingerprint density at radius 3 is 2.35 bits per heavy atom. The zero-order chi connectivity index (χ0) is 24.3. The third-order valence-corrected chi connectivity index (χ3v) is 6.42. The summed E-state index contributed by atoms with van der Waals surface area (Å²) in [6, 6.07) is 17.4. The molecule has 34 heavy (non-hydrogen) atoms. The summed E-state index contributed by atoms with van der Waals surface area (Å²) in [5.74, 6) is 0.514. The third kappa shape index (κ3) is 5.63. The third-order valence-electron chi connectivity index (χ3n) is 5.81. The smallest absolute Gasteiger partial charge is 0.327 e. The van der Waals surface area contributed by atoms with Crippen molar-refractivity contribution in [3.8, 4) is 0 Å². The van der Waals surface area contributed by atoms with Crippen molar-refractivity contribution >= 4 is 26.9 Å². The molecule has 4 aromatic rings. The molecule has 2 heterocycles. The number of imidazole rings is 1. The first kappa shape index (κ1) is 23.5. The molecule has 0 aliphatic carbocycles. The van der Waals surface area contributed by atoms with Gasteiger partial charge >= 0.3 is 5.69 Å². The van der Waals surface area contributed by atoms with Gasteiger partial charge in [0.25, 0.3) is 5.56 Å². The number of benzene rings is 2. The standard InChI is InChI=1S/C24H27N5O4S/c1-15(7-6-10-16-8-4-3-5-9-16)19(17-11-13-18(14-12-17)29-34(2,32)33)21-25-20-22(26-21)27-24(31)28-23(20)30/h3-5,8-9,11-15,19,29H,6-7,10H2,1-2H3,(H3,25,26,27,28,30,31). The highest BCUT2D eigenvalue weighted by atomic mass is 32.2. The summed E-state index contributed by atoms with van der Waals surface area (Å²) in [6.45, 7) is 2.12. The van der Waals surface area contributed by atoms with Crippen molar-refractivity contribution in [3.05, 3.63) is 92.4 Å². The lowest BCUT2D eigenvalue weighted by molar-refractivity contribution is 0.447. The molecule has 0 radical (unpaired) electrons. The Balaban J connectivity index is 1.65. The Labute approximate surface area is 196 Å². The Kier molecular flexibility index (Phi) is 6.69. The highest BCUT2D eigenvalue weighted by molar-refractivity contribution is 7.92. The largest absolute Gasteiger partial charge is 0.336 e. The van der Waals surface area contributed by atoms with E-state index in [0.717, 1.165) is 31.1 Å². The molecule has 4 N–H and O–H groups in total. The van der Waals surface area contributed by atoms with Crippen LogP contribution in [0.1, 0.15) is 42.6 Å². The lowest BCUT2D eigenvalue weighted by atomic mass is 9.83. The van der Waals surface area contributed by atoms with E-state index in [-0.39, 0.29) is 23.0 Å².